The number of carbonyl (C=O) groups is 1. The molecule has 2 bridgehead atoms. The van der Waals surface area contributed by atoms with Crippen LogP contribution in [0.5, 0.6) is 0 Å². The predicted octanol–water partition coefficient (Wildman–Crippen LogP) is 1.86. The van der Waals surface area contributed by atoms with Crippen LogP contribution in [0.2, 0.25) is 0 Å². The van der Waals surface area contributed by atoms with E-state index < -0.39 is 0 Å². The molecule has 1 N–H and O–H groups in total. The molecular weight excluding hydrogens is 368 g/mol. The SMILES string of the molecule is O=C(c1ccc[nH]c1=O)N1C[C@@H]2C[C@H](C1)c1cc(-c3cccnc3)cc(=O)n1C2. The smallest absolute Gasteiger partial charge is 0.260 e. The van der Waals surface area contributed by atoms with Gasteiger partial charge in [-0.15, -0.1) is 0 Å². The predicted molar refractivity (Wildman–Crippen MR) is 108 cm³/mol. The van der Waals surface area contributed by atoms with E-state index >= 15 is 0 Å². The molecule has 1 amide bonds. The third-order valence-electron chi connectivity index (χ3n) is 5.89. The number of aromatic nitrogens is 3. The first-order chi connectivity index (χ1) is 14.1. The summed E-state index contributed by atoms with van der Waals surface area (Å²) >= 11 is 0. The van der Waals surface area contributed by atoms with E-state index in [1.54, 1.807) is 35.5 Å². The van der Waals surface area contributed by atoms with Gasteiger partial charge in [0.05, 0.1) is 0 Å². The van der Waals surface area contributed by atoms with E-state index in [1.807, 2.05) is 22.8 Å². The van der Waals surface area contributed by atoms with Gasteiger partial charge in [-0.3, -0.25) is 19.4 Å². The summed E-state index contributed by atoms with van der Waals surface area (Å²) < 4.78 is 1.84. The van der Waals surface area contributed by atoms with Crippen molar-refractivity contribution in [1.82, 2.24) is 19.4 Å². The van der Waals surface area contributed by atoms with Crippen molar-refractivity contribution in [3.8, 4) is 11.1 Å². The molecule has 3 aromatic heterocycles. The van der Waals surface area contributed by atoms with E-state index in [0.717, 1.165) is 23.2 Å². The van der Waals surface area contributed by atoms with Crippen molar-refractivity contribution >= 4 is 5.91 Å². The minimum atomic E-state index is -0.372. The summed E-state index contributed by atoms with van der Waals surface area (Å²) in [4.78, 5) is 46.2. The Morgan fingerprint density at radius 3 is 2.76 bits per heavy atom. The highest BCUT2D eigenvalue weighted by molar-refractivity contribution is 5.94. The summed E-state index contributed by atoms with van der Waals surface area (Å²) in [5, 5.41) is 0. The minimum absolute atomic E-state index is 0.0182. The zero-order valence-corrected chi connectivity index (χ0v) is 15.7. The first kappa shape index (κ1) is 17.6. The Morgan fingerprint density at radius 1 is 1.07 bits per heavy atom. The molecule has 0 saturated carbocycles. The molecule has 5 rings (SSSR count). The van der Waals surface area contributed by atoms with Crippen LogP contribution in [0.1, 0.15) is 28.4 Å². The zero-order chi connectivity index (χ0) is 20.0. The summed E-state index contributed by atoms with van der Waals surface area (Å²) in [6.07, 6.45) is 5.91. The molecule has 29 heavy (non-hydrogen) atoms. The van der Waals surface area contributed by atoms with E-state index in [9.17, 15) is 14.4 Å². The Hall–Kier alpha value is -3.48. The highest BCUT2D eigenvalue weighted by Gasteiger charge is 2.37. The van der Waals surface area contributed by atoms with Gasteiger partial charge >= 0.3 is 0 Å². The second-order valence-electron chi connectivity index (χ2n) is 7.78. The van der Waals surface area contributed by atoms with E-state index in [2.05, 4.69) is 9.97 Å². The molecule has 3 aromatic rings. The lowest BCUT2D eigenvalue weighted by Crippen LogP contribution is -2.49. The number of nitrogens with zero attached hydrogens (tertiary/aromatic N) is 3. The number of fused-ring (bicyclic) bond motifs is 4. The molecule has 0 radical (unpaired) electrons. The molecule has 0 unspecified atom stereocenters. The van der Waals surface area contributed by atoms with E-state index in [1.165, 1.54) is 6.20 Å². The van der Waals surface area contributed by atoms with E-state index in [0.29, 0.717) is 19.6 Å². The van der Waals surface area contributed by atoms with Crippen molar-refractivity contribution in [2.24, 2.45) is 5.92 Å². The van der Waals surface area contributed by atoms with Crippen molar-refractivity contribution in [2.45, 2.75) is 18.9 Å². The fraction of sp³-hybridized carbons (Fsp3) is 0.273. The van der Waals surface area contributed by atoms with E-state index in [-0.39, 0.29) is 34.4 Å². The number of likely N-dealkylation sites (tertiary alicyclic amines) is 1. The van der Waals surface area contributed by atoms with Crippen LogP contribution < -0.4 is 11.1 Å². The van der Waals surface area contributed by atoms with Gasteiger partial charge in [-0.25, -0.2) is 0 Å². The quantitative estimate of drug-likeness (QED) is 0.726. The normalized spacial score (nSPS) is 20.2. The van der Waals surface area contributed by atoms with Crippen LogP contribution in [0.15, 0.2) is 64.6 Å². The first-order valence-corrected chi connectivity index (χ1v) is 9.72. The molecule has 2 atom stereocenters. The van der Waals surface area contributed by atoms with E-state index in [4.69, 9.17) is 0 Å². The Bertz CT molecular complexity index is 1200. The van der Waals surface area contributed by atoms with Gasteiger partial charge in [0.2, 0.25) is 0 Å². The number of hydrogen-bond donors (Lipinski definition) is 1. The second kappa shape index (κ2) is 6.84. The molecule has 5 heterocycles. The van der Waals surface area contributed by atoms with Gasteiger partial charge in [0.1, 0.15) is 5.56 Å². The number of carbonyl (C=O) groups excluding carboxylic acids is 1. The Morgan fingerprint density at radius 2 is 1.97 bits per heavy atom. The maximum Gasteiger partial charge on any atom is 0.260 e. The topological polar surface area (TPSA) is 88.1 Å². The average Bonchev–Trinajstić information content (AvgIpc) is 2.75. The molecule has 1 saturated heterocycles. The highest BCUT2D eigenvalue weighted by atomic mass is 16.2. The number of hydrogen-bond acceptors (Lipinski definition) is 4. The molecule has 146 valence electrons. The molecule has 1 fully saturated rings. The molecule has 2 aliphatic heterocycles. The van der Waals surface area contributed by atoms with Crippen LogP contribution in [0.4, 0.5) is 0 Å². The lowest BCUT2D eigenvalue weighted by atomic mass is 9.82. The van der Waals surface area contributed by atoms with Crippen LogP contribution >= 0.6 is 0 Å². The van der Waals surface area contributed by atoms with Crippen LogP contribution in [0.3, 0.4) is 0 Å². The number of pyridine rings is 3. The van der Waals surface area contributed by atoms with Gasteiger partial charge in [-0.1, -0.05) is 6.07 Å². The number of H-pyrrole nitrogens is 1. The largest absolute Gasteiger partial charge is 0.337 e. The standard InChI is InChI=1S/C22H20N4O3/c27-20-9-16(15-3-1-5-23-10-15)8-19-17-7-14(12-26(19)20)11-25(13-17)22(29)18-4-2-6-24-21(18)28/h1-6,8-10,14,17H,7,11-13H2,(H,24,28)/t14-,17+/m0/s1. The molecule has 7 heteroatoms. The summed E-state index contributed by atoms with van der Waals surface area (Å²) in [6.45, 7) is 1.65. The maximum atomic E-state index is 12.9. The van der Waals surface area contributed by atoms with Crippen LogP contribution in [-0.4, -0.2) is 38.4 Å². The Balaban J connectivity index is 1.51. The molecular formula is C22H20N4O3. The van der Waals surface area contributed by atoms with Crippen LogP contribution in [0, 0.1) is 5.92 Å². The van der Waals surface area contributed by atoms with Gasteiger partial charge < -0.3 is 14.5 Å². The van der Waals surface area contributed by atoms with Crippen LogP contribution in [0.25, 0.3) is 11.1 Å². The van der Waals surface area contributed by atoms with Gasteiger partial charge in [-0.2, -0.15) is 0 Å². The summed E-state index contributed by atoms with van der Waals surface area (Å²) in [5.41, 5.74) is 2.46. The lowest BCUT2D eigenvalue weighted by Gasteiger charge is -2.42. The number of amides is 1. The van der Waals surface area contributed by atoms with Gasteiger partial charge in [0.25, 0.3) is 17.0 Å². The Kier molecular flexibility index (Phi) is 4.16. The molecule has 0 aromatic carbocycles. The molecule has 2 aliphatic rings. The third-order valence-corrected chi connectivity index (χ3v) is 5.89. The molecule has 0 spiro atoms. The third kappa shape index (κ3) is 3.08. The molecule has 7 nitrogen and oxygen atoms in total. The summed E-state index contributed by atoms with van der Waals surface area (Å²) in [7, 11) is 0. The van der Waals surface area contributed by atoms with Gasteiger partial charge in [-0.05, 0) is 42.2 Å². The van der Waals surface area contributed by atoms with Crippen molar-refractivity contribution in [3.63, 3.8) is 0 Å². The highest BCUT2D eigenvalue weighted by Crippen LogP contribution is 2.36. The average molecular weight is 388 g/mol. The maximum absolute atomic E-state index is 12.9. The zero-order valence-electron chi connectivity index (χ0n) is 15.7. The van der Waals surface area contributed by atoms with Crippen molar-refractivity contribution in [1.29, 1.82) is 0 Å². The number of nitrogens with one attached hydrogen (secondary N) is 1. The summed E-state index contributed by atoms with van der Waals surface area (Å²) in [6, 6.07) is 10.7. The monoisotopic (exact) mass is 388 g/mol. The number of aromatic amines is 1. The second-order valence-corrected chi connectivity index (χ2v) is 7.78. The number of piperidine rings is 1. The van der Waals surface area contributed by atoms with Gasteiger partial charge in [0, 0.05) is 61.5 Å². The first-order valence-electron chi connectivity index (χ1n) is 9.72. The van der Waals surface area contributed by atoms with Gasteiger partial charge in [0.15, 0.2) is 0 Å². The molecule has 0 aliphatic carbocycles. The Labute approximate surface area is 166 Å². The summed E-state index contributed by atoms with van der Waals surface area (Å²) in [5.74, 6) is 0.0225. The lowest BCUT2D eigenvalue weighted by molar-refractivity contribution is 0.0593. The van der Waals surface area contributed by atoms with Crippen LogP contribution in [-0.2, 0) is 6.54 Å². The fourth-order valence-electron chi connectivity index (χ4n) is 4.59. The van der Waals surface area contributed by atoms with Crippen molar-refractivity contribution < 1.29 is 4.79 Å². The van der Waals surface area contributed by atoms with Crippen molar-refractivity contribution in [3.05, 3.63) is 87.0 Å². The minimum Gasteiger partial charge on any atom is -0.337 e. The number of rotatable bonds is 2. The van der Waals surface area contributed by atoms with Crippen molar-refractivity contribution in [2.75, 3.05) is 13.1 Å². The fourth-order valence-corrected chi connectivity index (χ4v) is 4.59.